The van der Waals surface area contributed by atoms with E-state index in [1.807, 2.05) is 0 Å². The molecule has 1 saturated heterocycles. The molecule has 0 aromatic heterocycles. The lowest BCUT2D eigenvalue weighted by molar-refractivity contribution is -0.143. The molecule has 1 heterocycles. The van der Waals surface area contributed by atoms with Crippen molar-refractivity contribution in [1.82, 2.24) is 9.80 Å². The second kappa shape index (κ2) is 4.41. The molecule has 1 N–H and O–H groups in total. The molecular weight excluding hydrogens is 184 g/mol. The average Bonchev–Trinajstić information content (AvgIpc) is 2.01. The molecular formula is C9H16N2O3. The molecule has 0 atom stereocenters. The van der Waals surface area contributed by atoms with Gasteiger partial charge in [-0.1, -0.05) is 0 Å². The largest absolute Gasteiger partial charge is 0.396 e. The van der Waals surface area contributed by atoms with Crippen molar-refractivity contribution in [1.29, 1.82) is 0 Å². The molecule has 0 radical (unpaired) electrons. The predicted molar refractivity (Wildman–Crippen MR) is 50.5 cm³/mol. The molecule has 1 rings (SSSR count). The Morgan fingerprint density at radius 1 is 1.50 bits per heavy atom. The minimum atomic E-state index is -0.113. The van der Waals surface area contributed by atoms with Crippen LogP contribution in [-0.2, 0) is 9.59 Å². The van der Waals surface area contributed by atoms with Crippen molar-refractivity contribution in [3.8, 4) is 0 Å². The molecule has 0 bridgehead atoms. The lowest BCUT2D eigenvalue weighted by atomic mass is 10.0. The highest BCUT2D eigenvalue weighted by Crippen LogP contribution is 2.14. The van der Waals surface area contributed by atoms with Crippen LogP contribution in [0.5, 0.6) is 0 Å². The number of nitrogens with zero attached hydrogens (tertiary/aromatic N) is 2. The molecule has 0 aromatic rings. The Kier molecular flexibility index (Phi) is 3.46. The van der Waals surface area contributed by atoms with Crippen molar-refractivity contribution in [3.05, 3.63) is 0 Å². The van der Waals surface area contributed by atoms with Crippen molar-refractivity contribution in [3.63, 3.8) is 0 Å². The molecule has 1 aliphatic heterocycles. The van der Waals surface area contributed by atoms with E-state index in [4.69, 9.17) is 5.11 Å². The second-order valence-corrected chi connectivity index (χ2v) is 3.72. The van der Waals surface area contributed by atoms with Crippen LogP contribution in [0.2, 0.25) is 0 Å². The molecule has 5 nitrogen and oxygen atoms in total. The van der Waals surface area contributed by atoms with Gasteiger partial charge in [0, 0.05) is 39.6 Å². The fraction of sp³-hybridized carbons (Fsp3) is 0.778. The second-order valence-electron chi connectivity index (χ2n) is 3.72. The summed E-state index contributed by atoms with van der Waals surface area (Å²) in [6, 6.07) is 0. The first-order valence-corrected chi connectivity index (χ1v) is 4.65. The van der Waals surface area contributed by atoms with E-state index >= 15 is 0 Å². The van der Waals surface area contributed by atoms with Gasteiger partial charge in [-0.05, 0) is 0 Å². The SMILES string of the molecule is CC(=O)N(C)CC(=O)N1CC(CO)C1. The van der Waals surface area contributed by atoms with Crippen LogP contribution in [0.4, 0.5) is 0 Å². The van der Waals surface area contributed by atoms with Crippen molar-refractivity contribution in [2.24, 2.45) is 5.92 Å². The summed E-state index contributed by atoms with van der Waals surface area (Å²) in [6.07, 6.45) is 0. The van der Waals surface area contributed by atoms with Crippen LogP contribution >= 0.6 is 0 Å². The van der Waals surface area contributed by atoms with Crippen molar-refractivity contribution < 1.29 is 14.7 Å². The zero-order chi connectivity index (χ0) is 10.7. The summed E-state index contributed by atoms with van der Waals surface area (Å²) >= 11 is 0. The lowest BCUT2D eigenvalue weighted by Crippen LogP contribution is -2.54. The van der Waals surface area contributed by atoms with Gasteiger partial charge in [0.25, 0.3) is 0 Å². The van der Waals surface area contributed by atoms with Gasteiger partial charge < -0.3 is 14.9 Å². The highest BCUT2D eigenvalue weighted by Gasteiger charge is 2.30. The van der Waals surface area contributed by atoms with Gasteiger partial charge >= 0.3 is 0 Å². The number of rotatable bonds is 3. The van der Waals surface area contributed by atoms with E-state index in [0.29, 0.717) is 13.1 Å². The van der Waals surface area contributed by atoms with Crippen LogP contribution in [0.25, 0.3) is 0 Å². The van der Waals surface area contributed by atoms with Crippen LogP contribution in [0.1, 0.15) is 6.92 Å². The Morgan fingerprint density at radius 2 is 2.07 bits per heavy atom. The number of aliphatic hydroxyl groups excluding tert-OH is 1. The standard InChI is InChI=1S/C9H16N2O3/c1-7(13)10(2)5-9(14)11-3-8(4-11)6-12/h8,12H,3-6H2,1-2H3. The summed E-state index contributed by atoms with van der Waals surface area (Å²) in [4.78, 5) is 25.3. The molecule has 5 heteroatoms. The number of likely N-dealkylation sites (tertiary alicyclic amines) is 1. The lowest BCUT2D eigenvalue weighted by Gasteiger charge is -2.38. The maximum atomic E-state index is 11.5. The van der Waals surface area contributed by atoms with Crippen LogP contribution in [0, 0.1) is 5.92 Å². The molecule has 80 valence electrons. The van der Waals surface area contributed by atoms with Crippen LogP contribution < -0.4 is 0 Å². The van der Waals surface area contributed by atoms with E-state index < -0.39 is 0 Å². The number of likely N-dealkylation sites (N-methyl/N-ethyl adjacent to an activating group) is 1. The Balaban J connectivity index is 2.27. The summed E-state index contributed by atoms with van der Waals surface area (Å²) in [6.45, 7) is 2.92. The maximum absolute atomic E-state index is 11.5. The molecule has 14 heavy (non-hydrogen) atoms. The van der Waals surface area contributed by atoms with E-state index in [1.54, 1.807) is 11.9 Å². The van der Waals surface area contributed by atoms with E-state index in [2.05, 4.69) is 0 Å². The molecule has 0 aromatic carbocycles. The van der Waals surface area contributed by atoms with Gasteiger partial charge in [-0.25, -0.2) is 0 Å². The topological polar surface area (TPSA) is 60.9 Å². The van der Waals surface area contributed by atoms with E-state index in [0.717, 1.165) is 0 Å². The summed E-state index contributed by atoms with van der Waals surface area (Å²) in [7, 11) is 1.60. The first-order chi connectivity index (χ1) is 6.54. The van der Waals surface area contributed by atoms with Gasteiger partial charge in [-0.3, -0.25) is 9.59 Å². The zero-order valence-corrected chi connectivity index (χ0v) is 8.56. The molecule has 0 saturated carbocycles. The van der Waals surface area contributed by atoms with Gasteiger partial charge in [0.2, 0.25) is 11.8 Å². The fourth-order valence-corrected chi connectivity index (χ4v) is 1.30. The third-order valence-electron chi connectivity index (χ3n) is 2.48. The number of hydrogen-bond acceptors (Lipinski definition) is 3. The van der Waals surface area contributed by atoms with Gasteiger partial charge in [0.15, 0.2) is 0 Å². The van der Waals surface area contributed by atoms with Crippen LogP contribution in [0.15, 0.2) is 0 Å². The predicted octanol–water partition coefficient (Wildman–Crippen LogP) is -1.08. The fourth-order valence-electron chi connectivity index (χ4n) is 1.30. The molecule has 0 spiro atoms. The minimum Gasteiger partial charge on any atom is -0.396 e. The van der Waals surface area contributed by atoms with Crippen LogP contribution in [0.3, 0.4) is 0 Å². The normalized spacial score (nSPS) is 16.4. The Bertz CT molecular complexity index is 236. The molecule has 2 amide bonds. The quantitative estimate of drug-likeness (QED) is 0.630. The summed E-state index contributed by atoms with van der Waals surface area (Å²) in [5.41, 5.74) is 0. The average molecular weight is 200 g/mol. The zero-order valence-electron chi connectivity index (χ0n) is 8.56. The van der Waals surface area contributed by atoms with E-state index in [-0.39, 0.29) is 30.9 Å². The third-order valence-corrected chi connectivity index (χ3v) is 2.48. The first kappa shape index (κ1) is 11.0. The first-order valence-electron chi connectivity index (χ1n) is 4.65. The molecule has 0 aliphatic carbocycles. The maximum Gasteiger partial charge on any atom is 0.242 e. The smallest absolute Gasteiger partial charge is 0.242 e. The number of hydrogen-bond donors (Lipinski definition) is 1. The van der Waals surface area contributed by atoms with Gasteiger partial charge in [0.05, 0.1) is 6.54 Å². The molecule has 1 fully saturated rings. The number of carbonyl (C=O) groups is 2. The molecule has 0 unspecified atom stereocenters. The highest BCUT2D eigenvalue weighted by atomic mass is 16.3. The Labute approximate surface area is 83.3 Å². The van der Waals surface area contributed by atoms with Gasteiger partial charge in [-0.2, -0.15) is 0 Å². The van der Waals surface area contributed by atoms with Crippen molar-refractivity contribution in [2.75, 3.05) is 33.3 Å². The Morgan fingerprint density at radius 3 is 2.50 bits per heavy atom. The third kappa shape index (κ3) is 2.45. The van der Waals surface area contributed by atoms with E-state index in [1.165, 1.54) is 11.8 Å². The number of amides is 2. The van der Waals surface area contributed by atoms with Gasteiger partial charge in [-0.15, -0.1) is 0 Å². The van der Waals surface area contributed by atoms with E-state index in [9.17, 15) is 9.59 Å². The van der Waals surface area contributed by atoms with Crippen molar-refractivity contribution in [2.45, 2.75) is 6.92 Å². The van der Waals surface area contributed by atoms with Crippen LogP contribution in [-0.4, -0.2) is 60.0 Å². The summed E-state index contributed by atoms with van der Waals surface area (Å²) in [5, 5.41) is 8.75. The number of aliphatic hydroxyl groups is 1. The van der Waals surface area contributed by atoms with Gasteiger partial charge in [0.1, 0.15) is 0 Å². The number of carbonyl (C=O) groups excluding carboxylic acids is 2. The summed E-state index contributed by atoms with van der Waals surface area (Å²) in [5.74, 6) is 0.0616. The highest BCUT2D eigenvalue weighted by molar-refractivity contribution is 5.84. The minimum absolute atomic E-state index is 0.0487. The Hall–Kier alpha value is -1.10. The van der Waals surface area contributed by atoms with Crippen molar-refractivity contribution >= 4 is 11.8 Å². The summed E-state index contributed by atoms with van der Waals surface area (Å²) < 4.78 is 0. The monoisotopic (exact) mass is 200 g/mol. The molecule has 1 aliphatic rings.